The molecule has 2 rings (SSSR count). The Morgan fingerprint density at radius 1 is 1.10 bits per heavy atom. The van der Waals surface area contributed by atoms with E-state index in [4.69, 9.17) is 33.7 Å². The molecule has 0 atom stereocenters. The molecular weight excluding hydrogens is 328 g/mol. The van der Waals surface area contributed by atoms with Gasteiger partial charge < -0.3 is 10.5 Å². The van der Waals surface area contributed by atoms with Crippen LogP contribution in [-0.4, -0.2) is 4.98 Å². The van der Waals surface area contributed by atoms with Crippen molar-refractivity contribution in [1.82, 2.24) is 4.98 Å². The van der Waals surface area contributed by atoms with Crippen LogP contribution in [0.15, 0.2) is 30.3 Å². The van der Waals surface area contributed by atoms with Crippen molar-refractivity contribution in [2.75, 3.05) is 0 Å². The number of halogens is 5. The van der Waals surface area contributed by atoms with E-state index in [0.717, 1.165) is 6.07 Å². The molecule has 0 aliphatic carbocycles. The summed E-state index contributed by atoms with van der Waals surface area (Å²) in [5, 5.41) is 0.524. The van der Waals surface area contributed by atoms with Crippen LogP contribution in [0.2, 0.25) is 10.0 Å². The van der Waals surface area contributed by atoms with Gasteiger partial charge in [0.25, 0.3) is 0 Å². The highest BCUT2D eigenvalue weighted by Gasteiger charge is 2.33. The van der Waals surface area contributed by atoms with Crippen molar-refractivity contribution < 1.29 is 17.9 Å². The molecule has 112 valence electrons. The van der Waals surface area contributed by atoms with Crippen molar-refractivity contribution >= 4 is 23.2 Å². The first-order valence-corrected chi connectivity index (χ1v) is 6.47. The number of rotatable bonds is 3. The summed E-state index contributed by atoms with van der Waals surface area (Å²) in [4.78, 5) is 3.46. The number of benzene rings is 1. The van der Waals surface area contributed by atoms with E-state index < -0.39 is 11.9 Å². The lowest BCUT2D eigenvalue weighted by Crippen LogP contribution is -2.10. The summed E-state index contributed by atoms with van der Waals surface area (Å²) in [6.07, 6.45) is -4.57. The van der Waals surface area contributed by atoms with Crippen molar-refractivity contribution in [2.24, 2.45) is 5.73 Å². The minimum absolute atomic E-state index is 0.0121. The molecule has 1 aromatic heterocycles. The standard InChI is InChI=1S/C13H9Cl2F3N2O/c14-9-3-2-8(5-10(9)15)21-12-7(6-19)1-4-11(20-12)13(16,17)18/h1-5H,6,19H2. The van der Waals surface area contributed by atoms with Crippen molar-refractivity contribution in [1.29, 1.82) is 0 Å². The Morgan fingerprint density at radius 2 is 1.81 bits per heavy atom. The third-order valence-corrected chi connectivity index (χ3v) is 3.29. The van der Waals surface area contributed by atoms with Gasteiger partial charge in [0.1, 0.15) is 11.4 Å². The molecule has 2 N–H and O–H groups in total. The molecule has 0 fully saturated rings. The Labute approximate surface area is 128 Å². The van der Waals surface area contributed by atoms with Gasteiger partial charge in [0.2, 0.25) is 5.88 Å². The van der Waals surface area contributed by atoms with Gasteiger partial charge in [0.05, 0.1) is 10.0 Å². The first-order valence-electron chi connectivity index (χ1n) is 5.71. The van der Waals surface area contributed by atoms with Gasteiger partial charge in [-0.05, 0) is 18.2 Å². The Hall–Kier alpha value is -1.50. The number of nitrogens with two attached hydrogens (primary N) is 1. The van der Waals surface area contributed by atoms with Crippen LogP contribution in [0.3, 0.4) is 0 Å². The molecule has 0 amide bonds. The minimum atomic E-state index is -4.57. The molecule has 0 saturated heterocycles. The second-order valence-corrected chi connectivity index (χ2v) is 4.86. The molecule has 21 heavy (non-hydrogen) atoms. The van der Waals surface area contributed by atoms with Crippen molar-refractivity contribution in [3.63, 3.8) is 0 Å². The molecule has 2 aromatic rings. The molecule has 0 spiro atoms. The molecule has 1 heterocycles. The van der Waals surface area contributed by atoms with Crippen LogP contribution >= 0.6 is 23.2 Å². The molecule has 0 aliphatic heterocycles. The number of hydrogen-bond donors (Lipinski definition) is 1. The quantitative estimate of drug-likeness (QED) is 0.886. The maximum atomic E-state index is 12.7. The summed E-state index contributed by atoms with van der Waals surface area (Å²) in [6.45, 7) is -0.0121. The highest BCUT2D eigenvalue weighted by atomic mass is 35.5. The zero-order valence-electron chi connectivity index (χ0n) is 10.4. The lowest BCUT2D eigenvalue weighted by Gasteiger charge is -2.12. The molecule has 8 heteroatoms. The summed E-state index contributed by atoms with van der Waals surface area (Å²) in [5.41, 5.74) is 4.75. The van der Waals surface area contributed by atoms with Gasteiger partial charge in [-0.2, -0.15) is 13.2 Å². The summed E-state index contributed by atoms with van der Waals surface area (Å²) >= 11 is 11.6. The average Bonchev–Trinajstić information content (AvgIpc) is 2.42. The highest BCUT2D eigenvalue weighted by Crippen LogP contribution is 2.33. The highest BCUT2D eigenvalue weighted by molar-refractivity contribution is 6.42. The van der Waals surface area contributed by atoms with Gasteiger partial charge in [0, 0.05) is 18.2 Å². The van der Waals surface area contributed by atoms with Crippen molar-refractivity contribution in [2.45, 2.75) is 12.7 Å². The average molecular weight is 337 g/mol. The first-order chi connectivity index (χ1) is 9.81. The maximum absolute atomic E-state index is 12.7. The van der Waals surface area contributed by atoms with E-state index in [2.05, 4.69) is 4.98 Å². The maximum Gasteiger partial charge on any atom is 0.433 e. The fourth-order valence-corrected chi connectivity index (χ4v) is 1.81. The molecule has 1 aromatic carbocycles. The van der Waals surface area contributed by atoms with Crippen LogP contribution in [0, 0.1) is 0 Å². The van der Waals surface area contributed by atoms with Crippen molar-refractivity contribution in [3.05, 3.63) is 51.6 Å². The summed E-state index contributed by atoms with van der Waals surface area (Å²) in [7, 11) is 0. The van der Waals surface area contributed by atoms with Crippen LogP contribution in [0.25, 0.3) is 0 Å². The number of aromatic nitrogens is 1. The molecule has 0 saturated carbocycles. The zero-order valence-corrected chi connectivity index (χ0v) is 11.9. The van der Waals surface area contributed by atoms with Gasteiger partial charge >= 0.3 is 6.18 Å². The summed E-state index contributed by atoms with van der Waals surface area (Å²) in [5.74, 6) is -0.00311. The largest absolute Gasteiger partial charge is 0.439 e. The zero-order chi connectivity index (χ0) is 15.6. The van der Waals surface area contributed by atoms with E-state index in [1.807, 2.05) is 0 Å². The number of nitrogens with zero attached hydrogens (tertiary/aromatic N) is 1. The van der Waals surface area contributed by atoms with E-state index in [-0.39, 0.29) is 23.2 Å². The lowest BCUT2D eigenvalue weighted by atomic mass is 10.2. The van der Waals surface area contributed by atoms with Gasteiger partial charge in [-0.3, -0.25) is 0 Å². The van der Waals surface area contributed by atoms with Gasteiger partial charge in [-0.1, -0.05) is 29.3 Å². The van der Waals surface area contributed by atoms with E-state index in [0.29, 0.717) is 10.6 Å². The molecule has 0 aliphatic rings. The van der Waals surface area contributed by atoms with Crippen LogP contribution < -0.4 is 10.5 Å². The molecule has 3 nitrogen and oxygen atoms in total. The predicted molar refractivity (Wildman–Crippen MR) is 73.7 cm³/mol. The Kier molecular flexibility index (Phi) is 4.61. The second-order valence-electron chi connectivity index (χ2n) is 4.04. The lowest BCUT2D eigenvalue weighted by molar-refractivity contribution is -0.141. The predicted octanol–water partition coefficient (Wildman–Crippen LogP) is 4.66. The van der Waals surface area contributed by atoms with E-state index >= 15 is 0 Å². The van der Waals surface area contributed by atoms with Gasteiger partial charge in [-0.15, -0.1) is 0 Å². The van der Waals surface area contributed by atoms with Crippen LogP contribution in [0.5, 0.6) is 11.6 Å². The minimum Gasteiger partial charge on any atom is -0.439 e. The topological polar surface area (TPSA) is 48.1 Å². The van der Waals surface area contributed by atoms with Crippen LogP contribution in [0.4, 0.5) is 13.2 Å². The van der Waals surface area contributed by atoms with E-state index in [1.165, 1.54) is 24.3 Å². The summed E-state index contributed by atoms with van der Waals surface area (Å²) < 4.78 is 43.4. The molecular formula is C13H9Cl2F3N2O. The van der Waals surface area contributed by atoms with E-state index in [9.17, 15) is 13.2 Å². The molecule has 0 radical (unpaired) electrons. The van der Waals surface area contributed by atoms with Crippen LogP contribution in [-0.2, 0) is 12.7 Å². The fourth-order valence-electron chi connectivity index (χ4n) is 1.52. The smallest absolute Gasteiger partial charge is 0.433 e. The third-order valence-electron chi connectivity index (χ3n) is 2.56. The Morgan fingerprint density at radius 3 is 2.38 bits per heavy atom. The second kappa shape index (κ2) is 6.09. The van der Waals surface area contributed by atoms with Crippen molar-refractivity contribution in [3.8, 4) is 11.6 Å². The Balaban J connectivity index is 2.39. The molecule has 0 bridgehead atoms. The normalized spacial score (nSPS) is 11.5. The number of pyridine rings is 1. The van der Waals surface area contributed by atoms with Gasteiger partial charge in [-0.25, -0.2) is 4.98 Å². The van der Waals surface area contributed by atoms with Gasteiger partial charge in [0.15, 0.2) is 0 Å². The fraction of sp³-hybridized carbons (Fsp3) is 0.154. The summed E-state index contributed by atoms with van der Waals surface area (Å²) in [6, 6.07) is 6.39. The number of alkyl halides is 3. The SMILES string of the molecule is NCc1ccc(C(F)(F)F)nc1Oc1ccc(Cl)c(Cl)c1. The molecule has 0 unspecified atom stereocenters. The Bertz CT molecular complexity index is 662. The van der Waals surface area contributed by atoms with Crippen LogP contribution in [0.1, 0.15) is 11.3 Å². The third kappa shape index (κ3) is 3.78. The number of hydrogen-bond acceptors (Lipinski definition) is 3. The monoisotopic (exact) mass is 336 g/mol. The van der Waals surface area contributed by atoms with E-state index in [1.54, 1.807) is 0 Å². The first kappa shape index (κ1) is 15.9. The number of ether oxygens (including phenoxy) is 1.